The molecule has 1 aromatic rings. The molecule has 1 aromatic carbocycles. The number of benzene rings is 1. The first-order valence-corrected chi connectivity index (χ1v) is 7.65. The van der Waals surface area contributed by atoms with Crippen molar-refractivity contribution in [1.29, 1.82) is 0 Å². The summed E-state index contributed by atoms with van der Waals surface area (Å²) in [7, 11) is 2.09. The minimum Gasteiger partial charge on any atom is -0.312 e. The lowest BCUT2D eigenvalue weighted by Gasteiger charge is -2.31. The lowest BCUT2D eigenvalue weighted by Crippen LogP contribution is -2.38. The van der Waals surface area contributed by atoms with Crippen LogP contribution in [0.4, 0.5) is 0 Å². The molecular weight excluding hydrogens is 232 g/mol. The number of aryl methyl sites for hydroxylation is 2. The zero-order chi connectivity index (χ0) is 13.4. The fraction of sp³-hybridized carbons (Fsp3) is 0.647. The third kappa shape index (κ3) is 2.70. The Kier molecular flexibility index (Phi) is 3.64. The molecule has 0 spiro atoms. The molecular formula is C17H26N2. The van der Waals surface area contributed by atoms with Crippen molar-refractivity contribution >= 4 is 0 Å². The van der Waals surface area contributed by atoms with E-state index in [-0.39, 0.29) is 0 Å². The third-order valence-electron chi connectivity index (χ3n) is 4.93. The second-order valence-corrected chi connectivity index (χ2v) is 6.55. The lowest BCUT2D eigenvalue weighted by atomic mass is 10.00. The number of rotatable bonds is 4. The van der Waals surface area contributed by atoms with Crippen LogP contribution in [0.1, 0.15) is 42.0 Å². The van der Waals surface area contributed by atoms with Gasteiger partial charge in [0.1, 0.15) is 0 Å². The first kappa shape index (κ1) is 13.1. The van der Waals surface area contributed by atoms with Crippen LogP contribution in [0, 0.1) is 19.8 Å². The highest BCUT2D eigenvalue weighted by Crippen LogP contribution is 2.38. The number of hydrogen-bond donors (Lipinski definition) is 1. The van der Waals surface area contributed by atoms with Gasteiger partial charge < -0.3 is 5.32 Å². The highest BCUT2D eigenvalue weighted by Gasteiger charge is 2.38. The van der Waals surface area contributed by atoms with E-state index < -0.39 is 0 Å². The van der Waals surface area contributed by atoms with E-state index >= 15 is 0 Å². The second kappa shape index (κ2) is 5.26. The molecule has 0 aromatic heterocycles. The smallest absolute Gasteiger partial charge is 0.0447 e. The summed E-state index contributed by atoms with van der Waals surface area (Å²) in [6.45, 7) is 6.89. The number of fused-ring (bicyclic) bond motifs is 2. The molecule has 2 bridgehead atoms. The van der Waals surface area contributed by atoms with Gasteiger partial charge >= 0.3 is 0 Å². The molecule has 3 rings (SSSR count). The van der Waals surface area contributed by atoms with Crippen molar-refractivity contribution in [2.75, 3.05) is 20.1 Å². The lowest BCUT2D eigenvalue weighted by molar-refractivity contribution is 0.194. The zero-order valence-corrected chi connectivity index (χ0v) is 12.4. The fourth-order valence-electron chi connectivity index (χ4n) is 4.06. The number of nitrogens with one attached hydrogen (secondary N) is 1. The molecule has 1 saturated carbocycles. The monoisotopic (exact) mass is 258 g/mol. The Labute approximate surface area is 117 Å². The van der Waals surface area contributed by atoms with Gasteiger partial charge in [-0.1, -0.05) is 29.3 Å². The van der Waals surface area contributed by atoms with Crippen molar-refractivity contribution in [3.05, 3.63) is 34.9 Å². The van der Waals surface area contributed by atoms with E-state index in [1.165, 1.54) is 49.0 Å². The van der Waals surface area contributed by atoms with Gasteiger partial charge in [0.2, 0.25) is 0 Å². The molecule has 1 heterocycles. The largest absolute Gasteiger partial charge is 0.312 e. The second-order valence-electron chi connectivity index (χ2n) is 6.55. The summed E-state index contributed by atoms with van der Waals surface area (Å²) in [5.41, 5.74) is 4.19. The molecule has 104 valence electrons. The summed E-state index contributed by atoms with van der Waals surface area (Å²) in [6.07, 6.45) is 4.34. The van der Waals surface area contributed by atoms with Gasteiger partial charge in [-0.25, -0.2) is 0 Å². The Bertz CT molecular complexity index is 434. The Morgan fingerprint density at radius 2 is 1.95 bits per heavy atom. The molecule has 0 radical (unpaired) electrons. The van der Waals surface area contributed by atoms with Crippen molar-refractivity contribution in [3.8, 4) is 0 Å². The van der Waals surface area contributed by atoms with E-state index in [2.05, 4.69) is 49.3 Å². The molecule has 1 aliphatic carbocycles. The average molecular weight is 258 g/mol. The number of likely N-dealkylation sites (tertiary alicyclic amines) is 1. The molecule has 2 aliphatic rings. The van der Waals surface area contributed by atoms with E-state index in [0.717, 1.165) is 12.0 Å². The summed E-state index contributed by atoms with van der Waals surface area (Å²) >= 11 is 0. The predicted octanol–water partition coefficient (Wildman–Crippen LogP) is 3.05. The van der Waals surface area contributed by atoms with Crippen LogP contribution < -0.4 is 5.32 Å². The van der Waals surface area contributed by atoms with Crippen LogP contribution in [-0.4, -0.2) is 31.1 Å². The Morgan fingerprint density at radius 3 is 2.47 bits per heavy atom. The van der Waals surface area contributed by atoms with Crippen LogP contribution in [0.25, 0.3) is 0 Å². The molecule has 0 amide bonds. The van der Waals surface area contributed by atoms with Gasteiger partial charge in [0.05, 0.1) is 0 Å². The normalized spacial score (nSPS) is 27.9. The summed E-state index contributed by atoms with van der Waals surface area (Å²) in [6, 6.07) is 8.27. The van der Waals surface area contributed by atoms with Crippen LogP contribution >= 0.6 is 0 Å². The van der Waals surface area contributed by atoms with Gasteiger partial charge in [0.25, 0.3) is 0 Å². The minimum atomic E-state index is 0.470. The highest BCUT2D eigenvalue weighted by atomic mass is 15.2. The van der Waals surface area contributed by atoms with E-state index in [1.54, 1.807) is 0 Å². The van der Waals surface area contributed by atoms with Gasteiger partial charge in [-0.15, -0.1) is 0 Å². The van der Waals surface area contributed by atoms with E-state index in [1.807, 2.05) is 0 Å². The maximum absolute atomic E-state index is 3.52. The molecule has 19 heavy (non-hydrogen) atoms. The van der Waals surface area contributed by atoms with Gasteiger partial charge in [0, 0.05) is 25.2 Å². The molecule has 1 saturated heterocycles. The maximum Gasteiger partial charge on any atom is 0.0447 e. The van der Waals surface area contributed by atoms with Gasteiger partial charge in [-0.05, 0) is 51.6 Å². The molecule has 1 N–H and O–H groups in total. The van der Waals surface area contributed by atoms with Crippen molar-refractivity contribution < 1.29 is 0 Å². The molecule has 2 heteroatoms. The first-order chi connectivity index (χ1) is 9.15. The molecule has 3 atom stereocenters. The van der Waals surface area contributed by atoms with Crippen molar-refractivity contribution in [3.63, 3.8) is 0 Å². The first-order valence-electron chi connectivity index (χ1n) is 7.65. The van der Waals surface area contributed by atoms with Crippen LogP contribution in [0.5, 0.6) is 0 Å². The van der Waals surface area contributed by atoms with E-state index in [0.29, 0.717) is 6.04 Å². The standard InChI is InChI=1S/C17H26N2/c1-12-6-13(2)8-15(7-12)17(18-3)11-19-10-14-4-5-16(19)9-14/h6-8,14,16-18H,4-5,9-11H2,1-3H3. The van der Waals surface area contributed by atoms with Gasteiger partial charge in [0.15, 0.2) is 0 Å². The molecule has 2 nitrogen and oxygen atoms in total. The number of likely N-dealkylation sites (N-methyl/N-ethyl adjacent to an activating group) is 1. The fourth-order valence-corrected chi connectivity index (χ4v) is 4.06. The molecule has 1 aliphatic heterocycles. The third-order valence-corrected chi connectivity index (χ3v) is 4.93. The van der Waals surface area contributed by atoms with Gasteiger partial charge in [-0.3, -0.25) is 4.90 Å². The minimum absolute atomic E-state index is 0.470. The summed E-state index contributed by atoms with van der Waals surface area (Å²) < 4.78 is 0. The predicted molar refractivity (Wildman–Crippen MR) is 80.4 cm³/mol. The summed E-state index contributed by atoms with van der Waals surface area (Å²) in [5, 5.41) is 3.52. The van der Waals surface area contributed by atoms with Crippen LogP contribution in [0.15, 0.2) is 18.2 Å². The highest BCUT2D eigenvalue weighted by molar-refractivity contribution is 5.31. The average Bonchev–Trinajstić information content (AvgIpc) is 2.96. The Morgan fingerprint density at radius 1 is 1.21 bits per heavy atom. The van der Waals surface area contributed by atoms with Gasteiger partial charge in [-0.2, -0.15) is 0 Å². The van der Waals surface area contributed by atoms with Crippen molar-refractivity contribution in [2.24, 2.45) is 5.92 Å². The topological polar surface area (TPSA) is 15.3 Å². The Balaban J connectivity index is 1.73. The van der Waals surface area contributed by atoms with Crippen LogP contribution in [0.3, 0.4) is 0 Å². The number of piperidine rings is 1. The van der Waals surface area contributed by atoms with Crippen LogP contribution in [0.2, 0.25) is 0 Å². The maximum atomic E-state index is 3.52. The SMILES string of the molecule is CNC(CN1CC2CCC1C2)c1cc(C)cc(C)c1. The number of nitrogens with zero attached hydrogens (tertiary/aromatic N) is 1. The van der Waals surface area contributed by atoms with Crippen molar-refractivity contribution in [2.45, 2.75) is 45.2 Å². The zero-order valence-electron chi connectivity index (χ0n) is 12.4. The van der Waals surface area contributed by atoms with Crippen LogP contribution in [-0.2, 0) is 0 Å². The number of hydrogen-bond acceptors (Lipinski definition) is 2. The van der Waals surface area contributed by atoms with Crippen molar-refractivity contribution in [1.82, 2.24) is 10.2 Å². The summed E-state index contributed by atoms with van der Waals surface area (Å²) in [5.74, 6) is 0.988. The molecule has 2 fully saturated rings. The summed E-state index contributed by atoms with van der Waals surface area (Å²) in [4.78, 5) is 2.72. The Hall–Kier alpha value is -0.860. The molecule has 3 unspecified atom stereocenters. The van der Waals surface area contributed by atoms with E-state index in [9.17, 15) is 0 Å². The quantitative estimate of drug-likeness (QED) is 0.893. The van der Waals surface area contributed by atoms with E-state index in [4.69, 9.17) is 0 Å².